The zero-order valence-electron chi connectivity index (χ0n) is 23.8. The molecule has 36 heavy (non-hydrogen) atoms. The van der Waals surface area contributed by atoms with Gasteiger partial charge in [0.25, 0.3) is 0 Å². The Hall–Kier alpha value is -2.54. The SMILES string of the molecule is CC.CC(C)(C)CC(=O)N1CCCC1.CC=O.CCCCc1ccc(-c2scnc2C)cc1.NC=O. The van der Waals surface area contributed by atoms with Crippen molar-refractivity contribution < 1.29 is 14.4 Å². The Kier molecular flexibility index (Phi) is 21.5. The van der Waals surface area contributed by atoms with E-state index >= 15 is 0 Å². The van der Waals surface area contributed by atoms with Crippen LogP contribution < -0.4 is 5.73 Å². The molecule has 0 aliphatic carbocycles. The van der Waals surface area contributed by atoms with Crippen molar-refractivity contribution in [3.63, 3.8) is 0 Å². The third kappa shape index (κ3) is 17.0. The number of amides is 2. The normalized spacial score (nSPS) is 11.7. The van der Waals surface area contributed by atoms with Gasteiger partial charge in [0.2, 0.25) is 12.3 Å². The van der Waals surface area contributed by atoms with Gasteiger partial charge >= 0.3 is 0 Å². The maximum Gasteiger partial charge on any atom is 0.223 e. The van der Waals surface area contributed by atoms with Crippen LogP contribution in [-0.2, 0) is 20.8 Å². The van der Waals surface area contributed by atoms with Gasteiger partial charge < -0.3 is 15.4 Å². The minimum Gasteiger partial charge on any atom is -0.372 e. The lowest BCUT2D eigenvalue weighted by Crippen LogP contribution is -2.30. The molecule has 0 radical (unpaired) electrons. The molecule has 0 spiro atoms. The predicted molar refractivity (Wildman–Crippen MR) is 154 cm³/mol. The van der Waals surface area contributed by atoms with Gasteiger partial charge in [-0.25, -0.2) is 4.98 Å². The number of carbonyl (C=O) groups excluding carboxylic acids is 3. The third-order valence-electron chi connectivity index (χ3n) is 4.92. The number of nitrogens with zero attached hydrogens (tertiary/aromatic N) is 2. The number of hydrogen-bond donors (Lipinski definition) is 1. The summed E-state index contributed by atoms with van der Waals surface area (Å²) in [5.74, 6) is 0.333. The van der Waals surface area contributed by atoms with Crippen LogP contribution in [0, 0.1) is 12.3 Å². The fourth-order valence-corrected chi connectivity index (χ4v) is 4.13. The van der Waals surface area contributed by atoms with E-state index in [9.17, 15) is 4.79 Å². The zero-order chi connectivity index (χ0) is 28.0. The van der Waals surface area contributed by atoms with Crippen LogP contribution in [0.15, 0.2) is 29.8 Å². The number of nitrogens with two attached hydrogens (primary N) is 1. The van der Waals surface area contributed by atoms with Gasteiger partial charge in [-0.2, -0.15) is 0 Å². The molecule has 6 nitrogen and oxygen atoms in total. The van der Waals surface area contributed by atoms with E-state index in [-0.39, 0.29) is 11.8 Å². The van der Waals surface area contributed by atoms with Gasteiger partial charge in [-0.05, 0) is 56.1 Å². The van der Waals surface area contributed by atoms with Gasteiger partial charge in [0.15, 0.2) is 0 Å². The lowest BCUT2D eigenvalue weighted by molar-refractivity contribution is -0.132. The Labute approximate surface area is 223 Å². The van der Waals surface area contributed by atoms with Crippen LogP contribution >= 0.6 is 11.3 Å². The van der Waals surface area contributed by atoms with Crippen LogP contribution in [0.1, 0.15) is 91.8 Å². The molecule has 0 atom stereocenters. The Balaban J connectivity index is 0. The number of aldehydes is 1. The van der Waals surface area contributed by atoms with Gasteiger partial charge in [-0.3, -0.25) is 9.59 Å². The van der Waals surface area contributed by atoms with E-state index in [0.29, 0.717) is 12.3 Å². The van der Waals surface area contributed by atoms with Gasteiger partial charge in [0.05, 0.1) is 16.1 Å². The van der Waals surface area contributed by atoms with E-state index in [4.69, 9.17) is 9.59 Å². The summed E-state index contributed by atoms with van der Waals surface area (Å²) in [6.45, 7) is 18.0. The second kappa shape index (κ2) is 21.7. The average molecular weight is 520 g/mol. The van der Waals surface area contributed by atoms with Crippen molar-refractivity contribution in [1.82, 2.24) is 9.88 Å². The summed E-state index contributed by atoms with van der Waals surface area (Å²) in [6, 6.07) is 8.91. The molecule has 2 amide bonds. The second-order valence-corrected chi connectivity index (χ2v) is 10.1. The fourth-order valence-electron chi connectivity index (χ4n) is 3.31. The number of thiazole rings is 1. The summed E-state index contributed by atoms with van der Waals surface area (Å²) in [5, 5.41) is 0. The van der Waals surface area contributed by atoms with Crippen molar-refractivity contribution in [2.45, 2.75) is 93.9 Å². The smallest absolute Gasteiger partial charge is 0.223 e. The summed E-state index contributed by atoms with van der Waals surface area (Å²) in [5.41, 5.74) is 10.1. The zero-order valence-corrected chi connectivity index (χ0v) is 24.6. The van der Waals surface area contributed by atoms with E-state index < -0.39 is 0 Å². The van der Waals surface area contributed by atoms with Crippen LogP contribution in [0.2, 0.25) is 0 Å². The fraction of sp³-hybridized carbons (Fsp3) is 0.586. The molecule has 2 aromatic rings. The second-order valence-electron chi connectivity index (χ2n) is 9.26. The molecule has 0 unspecified atom stereocenters. The van der Waals surface area contributed by atoms with Crippen LogP contribution in [0.25, 0.3) is 10.4 Å². The number of likely N-dealkylation sites (tertiary alicyclic amines) is 1. The molecule has 3 rings (SSSR count). The Bertz CT molecular complexity index is 815. The van der Waals surface area contributed by atoms with Gasteiger partial charge in [-0.15, -0.1) is 11.3 Å². The first kappa shape index (κ1) is 35.6. The largest absolute Gasteiger partial charge is 0.372 e. The van der Waals surface area contributed by atoms with E-state index in [0.717, 1.165) is 25.1 Å². The van der Waals surface area contributed by atoms with E-state index in [2.05, 4.69) is 69.6 Å². The van der Waals surface area contributed by atoms with Crippen LogP contribution in [0.3, 0.4) is 0 Å². The average Bonchev–Trinajstić information content (AvgIpc) is 3.52. The molecule has 1 aliphatic heterocycles. The van der Waals surface area contributed by atoms with Crippen LogP contribution in [0.5, 0.6) is 0 Å². The topological polar surface area (TPSA) is 93.4 Å². The molecule has 1 aliphatic rings. The summed E-state index contributed by atoms with van der Waals surface area (Å²) in [7, 11) is 0. The van der Waals surface area contributed by atoms with Gasteiger partial charge in [0, 0.05) is 19.5 Å². The lowest BCUT2D eigenvalue weighted by Gasteiger charge is -2.22. The van der Waals surface area contributed by atoms with Crippen molar-refractivity contribution >= 4 is 29.9 Å². The summed E-state index contributed by atoms with van der Waals surface area (Å²) < 4.78 is 0. The first-order valence-electron chi connectivity index (χ1n) is 13.0. The highest BCUT2D eigenvalue weighted by molar-refractivity contribution is 7.13. The molecule has 1 aromatic carbocycles. The third-order valence-corrected chi connectivity index (χ3v) is 5.90. The van der Waals surface area contributed by atoms with E-state index in [1.54, 1.807) is 11.3 Å². The highest BCUT2D eigenvalue weighted by Crippen LogP contribution is 2.27. The van der Waals surface area contributed by atoms with Crippen LogP contribution in [0.4, 0.5) is 0 Å². The highest BCUT2D eigenvalue weighted by Gasteiger charge is 2.22. The quantitative estimate of drug-likeness (QED) is 0.438. The Morgan fingerprint density at radius 3 is 2.00 bits per heavy atom. The maximum atomic E-state index is 11.6. The van der Waals surface area contributed by atoms with Gasteiger partial charge in [-0.1, -0.05) is 72.2 Å². The van der Waals surface area contributed by atoms with Crippen molar-refractivity contribution in [2.75, 3.05) is 13.1 Å². The molecule has 0 bridgehead atoms. The maximum absolute atomic E-state index is 11.6. The molecule has 7 heteroatoms. The number of primary amides is 1. The number of unbranched alkanes of at least 4 members (excludes halogenated alkanes) is 1. The monoisotopic (exact) mass is 519 g/mol. The van der Waals surface area contributed by atoms with Crippen molar-refractivity contribution in [2.24, 2.45) is 11.1 Å². The number of rotatable bonds is 5. The first-order chi connectivity index (χ1) is 17.1. The Morgan fingerprint density at radius 2 is 1.61 bits per heavy atom. The molecule has 0 saturated carbocycles. The number of aryl methyl sites for hydroxylation is 2. The molecular formula is C29H49N3O3S. The van der Waals surface area contributed by atoms with Gasteiger partial charge in [0.1, 0.15) is 6.29 Å². The van der Waals surface area contributed by atoms with Crippen molar-refractivity contribution in [3.8, 4) is 10.4 Å². The van der Waals surface area contributed by atoms with Crippen molar-refractivity contribution in [3.05, 3.63) is 41.0 Å². The number of aromatic nitrogens is 1. The molecular weight excluding hydrogens is 470 g/mol. The molecule has 1 aromatic heterocycles. The summed E-state index contributed by atoms with van der Waals surface area (Å²) >= 11 is 1.72. The molecule has 1 saturated heterocycles. The Morgan fingerprint density at radius 1 is 1.11 bits per heavy atom. The summed E-state index contributed by atoms with van der Waals surface area (Å²) in [4.78, 5) is 36.5. The molecule has 2 N–H and O–H groups in total. The van der Waals surface area contributed by atoms with Crippen LogP contribution in [-0.4, -0.2) is 41.6 Å². The van der Waals surface area contributed by atoms with Crippen molar-refractivity contribution in [1.29, 1.82) is 0 Å². The van der Waals surface area contributed by atoms with E-state index in [1.807, 2.05) is 24.3 Å². The minimum absolute atomic E-state index is 0.139. The number of hydrogen-bond acceptors (Lipinski definition) is 5. The predicted octanol–water partition coefficient (Wildman–Crippen LogP) is 6.84. The highest BCUT2D eigenvalue weighted by atomic mass is 32.1. The number of benzene rings is 1. The molecule has 1 fully saturated rings. The molecule has 2 heterocycles. The molecule has 204 valence electrons. The lowest BCUT2D eigenvalue weighted by atomic mass is 9.92. The first-order valence-corrected chi connectivity index (χ1v) is 13.8. The standard InChI is InChI=1S/C14H17NS.C10H19NO.C2H4O.C2H6.CH3NO/c1-3-4-5-12-6-8-13(9-7-12)14-11(2)15-10-16-14;1-10(2,3)8-9(12)11-6-4-5-7-11;1-2-3;1-2;2-1-3/h6-10H,3-5H2,1-2H3;4-8H2,1-3H3;2H,1H3;1-2H3;1H,(H2,2,3). The minimum atomic E-state index is 0.139. The number of carbonyl (C=O) groups is 3. The summed E-state index contributed by atoms with van der Waals surface area (Å²) in [6.07, 6.45) is 7.80. The van der Waals surface area contributed by atoms with E-state index in [1.165, 1.54) is 55.0 Å².